The van der Waals surface area contributed by atoms with Gasteiger partial charge in [0.15, 0.2) is 0 Å². The normalized spacial score (nSPS) is 12.2. The maximum Gasteiger partial charge on any atom is 0.121 e. The highest BCUT2D eigenvalue weighted by atomic mass is 16.5. The van der Waals surface area contributed by atoms with Gasteiger partial charge in [-0.05, 0) is 47.5 Å². The van der Waals surface area contributed by atoms with Crippen molar-refractivity contribution in [2.75, 3.05) is 20.2 Å². The number of hydrogen-bond acceptors (Lipinski definition) is 2. The maximum absolute atomic E-state index is 10.8. The number of ether oxygens (including phenoxy) is 1. The van der Waals surface area contributed by atoms with Crippen LogP contribution in [-0.4, -0.2) is 36.0 Å². The summed E-state index contributed by atoms with van der Waals surface area (Å²) in [7, 11) is 1.68. The quantitative estimate of drug-likeness (QED) is 0.422. The lowest BCUT2D eigenvalue weighted by Crippen LogP contribution is -2.87. The highest BCUT2D eigenvalue weighted by Crippen LogP contribution is 2.29. The minimum atomic E-state index is -0.423. The van der Waals surface area contributed by atoms with Gasteiger partial charge in [-0.2, -0.15) is 0 Å². The number of rotatable bonds is 9. The summed E-state index contributed by atoms with van der Waals surface area (Å²) in [4.78, 5) is 0. The number of fused-ring (bicyclic) bond motifs is 1. The predicted molar refractivity (Wildman–Crippen MR) is 122 cm³/mol. The van der Waals surface area contributed by atoms with Gasteiger partial charge in [-0.3, -0.25) is 0 Å². The van der Waals surface area contributed by atoms with Crippen LogP contribution in [0, 0.1) is 0 Å². The molecule has 0 fully saturated rings. The summed E-state index contributed by atoms with van der Waals surface area (Å²) in [5.41, 5.74) is 4.71. The Kier molecular flexibility index (Phi) is 6.47. The summed E-state index contributed by atoms with van der Waals surface area (Å²) in [6.07, 6.45) is 0.588. The van der Waals surface area contributed by atoms with E-state index in [0.717, 1.165) is 35.5 Å². The molecule has 0 amide bonds. The third kappa shape index (κ3) is 4.73. The molecule has 0 bridgehead atoms. The van der Waals surface area contributed by atoms with Gasteiger partial charge < -0.3 is 19.7 Å². The first-order valence-electron chi connectivity index (χ1n) is 10.5. The zero-order chi connectivity index (χ0) is 20.8. The molecule has 0 saturated heterocycles. The van der Waals surface area contributed by atoms with E-state index in [1.807, 2.05) is 18.2 Å². The minimum absolute atomic E-state index is 0.423. The number of aliphatic hydroxyl groups excluding tert-OH is 1. The van der Waals surface area contributed by atoms with Crippen LogP contribution in [0.5, 0.6) is 5.75 Å². The van der Waals surface area contributed by atoms with Crippen molar-refractivity contribution in [1.29, 1.82) is 0 Å². The standard InChI is InChI=1S/C26H28N2O2/c1-30-24-13-11-21(12-14-24)26-17-22-9-5-6-10-25(22)28(26)19-23(29)18-27-16-15-20-7-3-2-4-8-20/h2-14,17,23,27,29H,15-16,18-19H2,1H3/p+1. The van der Waals surface area contributed by atoms with Crippen LogP contribution in [-0.2, 0) is 13.0 Å². The molecule has 0 radical (unpaired) electrons. The zero-order valence-electron chi connectivity index (χ0n) is 17.4. The number of aliphatic hydroxyl groups is 1. The molecule has 1 atom stereocenters. The number of methoxy groups -OCH3 is 1. The monoisotopic (exact) mass is 401 g/mol. The number of hydrogen-bond donors (Lipinski definition) is 2. The fourth-order valence-electron chi connectivity index (χ4n) is 3.92. The molecule has 4 heteroatoms. The van der Waals surface area contributed by atoms with Crippen molar-refractivity contribution in [2.24, 2.45) is 0 Å². The molecule has 30 heavy (non-hydrogen) atoms. The van der Waals surface area contributed by atoms with Gasteiger partial charge in [0, 0.05) is 23.0 Å². The van der Waals surface area contributed by atoms with Crippen LogP contribution in [0.15, 0.2) is 84.9 Å². The molecule has 1 heterocycles. The van der Waals surface area contributed by atoms with Crippen molar-refractivity contribution in [1.82, 2.24) is 4.57 Å². The second kappa shape index (κ2) is 9.61. The minimum Gasteiger partial charge on any atom is -0.497 e. The van der Waals surface area contributed by atoms with Gasteiger partial charge in [-0.1, -0.05) is 48.5 Å². The van der Waals surface area contributed by atoms with Gasteiger partial charge in [-0.15, -0.1) is 0 Å². The molecule has 0 spiro atoms. The van der Waals surface area contributed by atoms with Gasteiger partial charge >= 0.3 is 0 Å². The van der Waals surface area contributed by atoms with E-state index in [4.69, 9.17) is 4.74 Å². The summed E-state index contributed by atoms with van der Waals surface area (Å²) in [5.74, 6) is 0.842. The fourth-order valence-corrected chi connectivity index (χ4v) is 3.92. The third-order valence-electron chi connectivity index (χ3n) is 5.51. The SMILES string of the molecule is COc1ccc(-c2cc3ccccc3n2CC(O)C[NH2+]CCc2ccccc2)cc1. The number of para-hydroxylation sites is 1. The second-order valence-electron chi connectivity index (χ2n) is 7.63. The van der Waals surface area contributed by atoms with Crippen molar-refractivity contribution in [3.05, 3.63) is 90.5 Å². The van der Waals surface area contributed by atoms with Gasteiger partial charge in [0.1, 0.15) is 18.4 Å². The average molecular weight is 402 g/mol. The van der Waals surface area contributed by atoms with E-state index in [0.29, 0.717) is 13.1 Å². The van der Waals surface area contributed by atoms with E-state index < -0.39 is 6.10 Å². The first-order valence-corrected chi connectivity index (χ1v) is 10.5. The second-order valence-corrected chi connectivity index (χ2v) is 7.63. The Bertz CT molecular complexity index is 1070. The lowest BCUT2D eigenvalue weighted by molar-refractivity contribution is -0.660. The third-order valence-corrected chi connectivity index (χ3v) is 5.51. The van der Waals surface area contributed by atoms with Crippen molar-refractivity contribution in [2.45, 2.75) is 19.1 Å². The largest absolute Gasteiger partial charge is 0.497 e. The van der Waals surface area contributed by atoms with Gasteiger partial charge in [0.2, 0.25) is 0 Å². The van der Waals surface area contributed by atoms with Gasteiger partial charge in [0.05, 0.1) is 20.2 Å². The van der Waals surface area contributed by atoms with Crippen LogP contribution in [0.4, 0.5) is 0 Å². The van der Waals surface area contributed by atoms with Crippen LogP contribution < -0.4 is 10.1 Å². The molecule has 0 aliphatic carbocycles. The average Bonchev–Trinajstić information content (AvgIpc) is 3.16. The van der Waals surface area contributed by atoms with Crippen LogP contribution >= 0.6 is 0 Å². The summed E-state index contributed by atoms with van der Waals surface area (Å²) < 4.78 is 7.52. The molecule has 0 saturated carbocycles. The van der Waals surface area contributed by atoms with Crippen molar-refractivity contribution >= 4 is 10.9 Å². The molecule has 1 aromatic heterocycles. The summed E-state index contributed by atoms with van der Waals surface area (Å²) >= 11 is 0. The number of quaternary nitrogens is 1. The van der Waals surface area contributed by atoms with Crippen LogP contribution in [0.25, 0.3) is 22.2 Å². The molecule has 4 nitrogen and oxygen atoms in total. The molecule has 1 unspecified atom stereocenters. The number of nitrogens with two attached hydrogens (primary N) is 1. The molecule has 3 N–H and O–H groups in total. The molecular weight excluding hydrogens is 372 g/mol. The number of nitrogens with zero attached hydrogens (tertiary/aromatic N) is 1. The van der Waals surface area contributed by atoms with Crippen molar-refractivity contribution in [3.8, 4) is 17.0 Å². The lowest BCUT2D eigenvalue weighted by atomic mass is 10.1. The van der Waals surface area contributed by atoms with E-state index >= 15 is 0 Å². The Morgan fingerprint density at radius 1 is 0.933 bits per heavy atom. The number of benzene rings is 3. The Labute approximate surface area is 177 Å². The smallest absolute Gasteiger partial charge is 0.121 e. The summed E-state index contributed by atoms with van der Waals surface area (Å²) in [6.45, 7) is 2.22. The lowest BCUT2D eigenvalue weighted by Gasteiger charge is -2.15. The van der Waals surface area contributed by atoms with Crippen molar-refractivity contribution < 1.29 is 15.2 Å². The van der Waals surface area contributed by atoms with E-state index in [1.54, 1.807) is 7.11 Å². The Morgan fingerprint density at radius 2 is 1.67 bits per heavy atom. The fraction of sp³-hybridized carbons (Fsp3) is 0.231. The maximum atomic E-state index is 10.8. The van der Waals surface area contributed by atoms with E-state index in [2.05, 4.69) is 76.6 Å². The number of aromatic nitrogens is 1. The molecule has 0 aliphatic rings. The van der Waals surface area contributed by atoms with E-state index in [9.17, 15) is 5.11 Å². The Morgan fingerprint density at radius 3 is 2.43 bits per heavy atom. The topological polar surface area (TPSA) is 51.0 Å². The first kappa shape index (κ1) is 20.2. The molecule has 0 aliphatic heterocycles. The highest BCUT2D eigenvalue weighted by Gasteiger charge is 2.15. The zero-order valence-corrected chi connectivity index (χ0v) is 17.4. The molecular formula is C26H29N2O2+. The summed E-state index contributed by atoms with van der Waals surface area (Å²) in [6, 6.07) is 29.1. The molecule has 3 aromatic carbocycles. The van der Waals surface area contributed by atoms with Gasteiger partial charge in [-0.25, -0.2) is 0 Å². The van der Waals surface area contributed by atoms with E-state index in [-0.39, 0.29) is 0 Å². The van der Waals surface area contributed by atoms with Crippen LogP contribution in [0.1, 0.15) is 5.56 Å². The van der Waals surface area contributed by atoms with Crippen LogP contribution in [0.3, 0.4) is 0 Å². The van der Waals surface area contributed by atoms with Gasteiger partial charge in [0.25, 0.3) is 0 Å². The Hall–Kier alpha value is -3.08. The van der Waals surface area contributed by atoms with Crippen LogP contribution in [0.2, 0.25) is 0 Å². The van der Waals surface area contributed by atoms with Crippen molar-refractivity contribution in [3.63, 3.8) is 0 Å². The molecule has 4 aromatic rings. The van der Waals surface area contributed by atoms with E-state index in [1.165, 1.54) is 10.9 Å². The predicted octanol–water partition coefficient (Wildman–Crippen LogP) is 3.48. The highest BCUT2D eigenvalue weighted by molar-refractivity contribution is 5.87. The Balaban J connectivity index is 1.46. The first-order chi connectivity index (χ1) is 14.7. The molecule has 4 rings (SSSR count). The molecule has 154 valence electrons. The summed E-state index contributed by atoms with van der Waals surface area (Å²) in [5, 5.41) is 14.1.